The standard InChI is InChI=1S/C15H21NO2/c17-14-9-13-11(10-18-14)4-7-16-8-5-12-3-1-2-6-15(12,13)16/h12H,1-10H2/t12-,15-/m0/s1. The predicted octanol–water partition coefficient (Wildman–Crippen LogP) is 2.27. The van der Waals surface area contributed by atoms with Crippen molar-refractivity contribution >= 4 is 5.97 Å². The van der Waals surface area contributed by atoms with Crippen LogP contribution < -0.4 is 0 Å². The van der Waals surface area contributed by atoms with Crippen molar-refractivity contribution in [3.63, 3.8) is 0 Å². The van der Waals surface area contributed by atoms with Gasteiger partial charge in [0.2, 0.25) is 0 Å². The van der Waals surface area contributed by atoms with E-state index < -0.39 is 0 Å². The van der Waals surface area contributed by atoms with Crippen molar-refractivity contribution < 1.29 is 9.53 Å². The summed E-state index contributed by atoms with van der Waals surface area (Å²) in [5.41, 5.74) is 3.21. The molecule has 18 heavy (non-hydrogen) atoms. The van der Waals surface area contributed by atoms with Gasteiger partial charge in [0.25, 0.3) is 0 Å². The summed E-state index contributed by atoms with van der Waals surface area (Å²) in [6.07, 6.45) is 8.39. The van der Waals surface area contributed by atoms with Crippen LogP contribution in [-0.4, -0.2) is 36.1 Å². The Bertz CT molecular complexity index is 428. The molecular weight excluding hydrogens is 226 g/mol. The van der Waals surface area contributed by atoms with E-state index in [0.717, 1.165) is 12.3 Å². The van der Waals surface area contributed by atoms with Crippen LogP contribution >= 0.6 is 0 Å². The molecule has 4 rings (SSSR count). The minimum atomic E-state index is 0.00111. The molecule has 0 unspecified atom stereocenters. The largest absolute Gasteiger partial charge is 0.461 e. The van der Waals surface area contributed by atoms with Crippen molar-refractivity contribution in [2.24, 2.45) is 5.92 Å². The summed E-state index contributed by atoms with van der Waals surface area (Å²) in [7, 11) is 0. The first-order valence-electron chi connectivity index (χ1n) is 7.43. The lowest BCUT2D eigenvalue weighted by Crippen LogP contribution is -2.55. The van der Waals surface area contributed by atoms with Gasteiger partial charge >= 0.3 is 5.97 Å². The van der Waals surface area contributed by atoms with Crippen LogP contribution in [0.2, 0.25) is 0 Å². The van der Waals surface area contributed by atoms with Gasteiger partial charge in [-0.3, -0.25) is 9.69 Å². The summed E-state index contributed by atoms with van der Waals surface area (Å²) in [6, 6.07) is 0. The highest BCUT2D eigenvalue weighted by molar-refractivity contribution is 5.75. The van der Waals surface area contributed by atoms with Crippen LogP contribution in [0.4, 0.5) is 0 Å². The highest BCUT2D eigenvalue weighted by Gasteiger charge is 2.54. The molecule has 3 nitrogen and oxygen atoms in total. The van der Waals surface area contributed by atoms with Gasteiger partial charge in [0, 0.05) is 12.1 Å². The van der Waals surface area contributed by atoms with E-state index in [9.17, 15) is 4.79 Å². The van der Waals surface area contributed by atoms with Gasteiger partial charge in [0.05, 0.1) is 6.42 Å². The molecule has 0 radical (unpaired) electrons. The minimum Gasteiger partial charge on any atom is -0.461 e. The van der Waals surface area contributed by atoms with Crippen molar-refractivity contribution in [2.75, 3.05) is 19.7 Å². The second-order valence-electron chi connectivity index (χ2n) is 6.31. The van der Waals surface area contributed by atoms with E-state index in [4.69, 9.17) is 4.74 Å². The Morgan fingerprint density at radius 3 is 3.11 bits per heavy atom. The highest BCUT2D eigenvalue weighted by Crippen LogP contribution is 2.54. The first-order valence-corrected chi connectivity index (χ1v) is 7.43. The van der Waals surface area contributed by atoms with Crippen molar-refractivity contribution in [2.45, 2.75) is 50.5 Å². The zero-order valence-corrected chi connectivity index (χ0v) is 10.9. The van der Waals surface area contributed by atoms with Crippen LogP contribution in [0.5, 0.6) is 0 Å². The van der Waals surface area contributed by atoms with E-state index in [0.29, 0.717) is 13.0 Å². The van der Waals surface area contributed by atoms with Crippen LogP contribution in [-0.2, 0) is 9.53 Å². The number of nitrogens with zero attached hydrogens (tertiary/aromatic N) is 1. The van der Waals surface area contributed by atoms with Gasteiger partial charge in [-0.05, 0) is 49.3 Å². The molecule has 2 fully saturated rings. The first kappa shape index (κ1) is 11.0. The first-order chi connectivity index (χ1) is 8.80. The highest BCUT2D eigenvalue weighted by atomic mass is 16.5. The average Bonchev–Trinajstić information content (AvgIpc) is 2.78. The SMILES string of the molecule is O=C1CC2=C(CCN3CC[C@@H]4CCCC[C@@]243)CO1. The van der Waals surface area contributed by atoms with E-state index in [1.54, 1.807) is 0 Å². The van der Waals surface area contributed by atoms with E-state index in [2.05, 4.69) is 4.90 Å². The normalized spacial score (nSPS) is 40.0. The number of cyclic esters (lactones) is 1. The average molecular weight is 247 g/mol. The lowest BCUT2D eigenvalue weighted by molar-refractivity contribution is -0.144. The number of rotatable bonds is 0. The molecule has 1 aliphatic carbocycles. The van der Waals surface area contributed by atoms with Gasteiger partial charge in [0.15, 0.2) is 0 Å². The fourth-order valence-electron chi connectivity index (χ4n) is 4.97. The van der Waals surface area contributed by atoms with E-state index in [-0.39, 0.29) is 11.5 Å². The maximum atomic E-state index is 11.7. The molecule has 0 aromatic rings. The van der Waals surface area contributed by atoms with E-state index in [1.165, 1.54) is 56.3 Å². The molecule has 0 aromatic carbocycles. The molecule has 1 saturated heterocycles. The fraction of sp³-hybridized carbons (Fsp3) is 0.800. The van der Waals surface area contributed by atoms with Crippen molar-refractivity contribution in [3.8, 4) is 0 Å². The maximum absolute atomic E-state index is 11.7. The zero-order valence-electron chi connectivity index (χ0n) is 10.9. The molecule has 3 aliphatic heterocycles. The number of ether oxygens (including phenoxy) is 1. The van der Waals surface area contributed by atoms with Crippen LogP contribution in [0.25, 0.3) is 0 Å². The van der Waals surface area contributed by atoms with Crippen LogP contribution in [0, 0.1) is 5.92 Å². The number of hydrogen-bond acceptors (Lipinski definition) is 3. The monoisotopic (exact) mass is 247 g/mol. The quantitative estimate of drug-likeness (QED) is 0.486. The fourth-order valence-corrected chi connectivity index (χ4v) is 4.97. The second kappa shape index (κ2) is 3.83. The molecule has 1 saturated carbocycles. The molecule has 0 amide bonds. The summed E-state index contributed by atoms with van der Waals surface area (Å²) >= 11 is 0. The summed E-state index contributed by atoms with van der Waals surface area (Å²) in [6.45, 7) is 3.01. The van der Waals surface area contributed by atoms with Crippen molar-refractivity contribution in [1.82, 2.24) is 4.90 Å². The minimum absolute atomic E-state index is 0.00111. The summed E-state index contributed by atoms with van der Waals surface area (Å²) in [5.74, 6) is 0.809. The Balaban J connectivity index is 1.82. The van der Waals surface area contributed by atoms with Gasteiger partial charge in [-0.25, -0.2) is 0 Å². The van der Waals surface area contributed by atoms with Gasteiger partial charge < -0.3 is 4.74 Å². The molecule has 0 N–H and O–H groups in total. The van der Waals surface area contributed by atoms with Gasteiger partial charge in [-0.1, -0.05) is 12.8 Å². The van der Waals surface area contributed by atoms with Crippen molar-refractivity contribution in [1.29, 1.82) is 0 Å². The summed E-state index contributed by atoms with van der Waals surface area (Å²) in [5, 5.41) is 0. The Labute approximate surface area is 108 Å². The summed E-state index contributed by atoms with van der Waals surface area (Å²) < 4.78 is 5.26. The smallest absolute Gasteiger partial charge is 0.310 e. The molecule has 98 valence electrons. The Morgan fingerprint density at radius 1 is 1.22 bits per heavy atom. The van der Waals surface area contributed by atoms with Crippen LogP contribution in [0.1, 0.15) is 44.9 Å². The molecule has 4 aliphatic rings. The second-order valence-corrected chi connectivity index (χ2v) is 6.31. The topological polar surface area (TPSA) is 29.5 Å². The predicted molar refractivity (Wildman–Crippen MR) is 68.1 cm³/mol. The lowest BCUT2D eigenvalue weighted by Gasteiger charge is -2.51. The van der Waals surface area contributed by atoms with Crippen molar-refractivity contribution in [3.05, 3.63) is 11.1 Å². The molecule has 0 aromatic heterocycles. The van der Waals surface area contributed by atoms with Gasteiger partial charge in [-0.15, -0.1) is 0 Å². The maximum Gasteiger partial charge on any atom is 0.310 e. The van der Waals surface area contributed by atoms with Gasteiger partial charge in [-0.2, -0.15) is 0 Å². The molecule has 3 heteroatoms. The zero-order chi connectivity index (χ0) is 12.2. The van der Waals surface area contributed by atoms with Crippen LogP contribution in [0.15, 0.2) is 11.1 Å². The van der Waals surface area contributed by atoms with E-state index >= 15 is 0 Å². The number of hydrogen-bond donors (Lipinski definition) is 0. The molecular formula is C15H21NO2. The number of esters is 1. The third kappa shape index (κ3) is 1.31. The third-order valence-corrected chi connectivity index (χ3v) is 5.71. The Morgan fingerprint density at radius 2 is 2.17 bits per heavy atom. The molecule has 1 spiro atoms. The molecule has 0 bridgehead atoms. The molecule has 3 heterocycles. The lowest BCUT2D eigenvalue weighted by atomic mass is 9.65. The summed E-state index contributed by atoms with van der Waals surface area (Å²) in [4.78, 5) is 14.4. The Hall–Kier alpha value is -0.830. The van der Waals surface area contributed by atoms with Gasteiger partial charge in [0.1, 0.15) is 6.61 Å². The van der Waals surface area contributed by atoms with E-state index in [1.807, 2.05) is 0 Å². The number of carbonyl (C=O) groups is 1. The van der Waals surface area contributed by atoms with Crippen LogP contribution in [0.3, 0.4) is 0 Å². The third-order valence-electron chi connectivity index (χ3n) is 5.71. The molecule has 2 atom stereocenters. The Kier molecular flexibility index (Phi) is 2.35. The number of carbonyl (C=O) groups excluding carboxylic acids is 1.